The van der Waals surface area contributed by atoms with Crippen molar-refractivity contribution >= 4 is 0 Å². The molecule has 90 valence electrons. The third-order valence-corrected chi connectivity index (χ3v) is 3.72. The lowest BCUT2D eigenvalue weighted by Crippen LogP contribution is -2.53. The first-order chi connectivity index (χ1) is 7.10. The van der Waals surface area contributed by atoms with E-state index >= 15 is 0 Å². The van der Waals surface area contributed by atoms with Crippen molar-refractivity contribution in [1.29, 1.82) is 0 Å². The first kappa shape index (κ1) is 12.9. The first-order valence-electron chi connectivity index (χ1n) is 6.20. The van der Waals surface area contributed by atoms with Gasteiger partial charge >= 0.3 is 0 Å². The van der Waals surface area contributed by atoms with E-state index in [0.717, 1.165) is 31.8 Å². The van der Waals surface area contributed by atoms with Crippen LogP contribution in [0.2, 0.25) is 0 Å². The smallest absolute Gasteiger partial charge is 0.0784 e. The number of hydrogen-bond donors (Lipinski definition) is 3. The van der Waals surface area contributed by atoms with Gasteiger partial charge in [0.1, 0.15) is 0 Å². The topological polar surface area (TPSA) is 44.3 Å². The van der Waals surface area contributed by atoms with Crippen LogP contribution >= 0.6 is 0 Å². The number of rotatable bonds is 5. The zero-order valence-electron chi connectivity index (χ0n) is 10.3. The van der Waals surface area contributed by atoms with E-state index in [9.17, 15) is 5.11 Å². The Morgan fingerprint density at radius 1 is 1.53 bits per heavy atom. The number of hydrogen-bond acceptors (Lipinski definition) is 3. The van der Waals surface area contributed by atoms with Gasteiger partial charge in [0, 0.05) is 6.04 Å². The van der Waals surface area contributed by atoms with Gasteiger partial charge < -0.3 is 15.7 Å². The Hall–Kier alpha value is -0.120. The second-order valence-electron chi connectivity index (χ2n) is 5.02. The largest absolute Gasteiger partial charge is 0.389 e. The summed E-state index contributed by atoms with van der Waals surface area (Å²) in [5, 5.41) is 16.9. The Labute approximate surface area is 93.6 Å². The van der Waals surface area contributed by atoms with Gasteiger partial charge in [-0.1, -0.05) is 13.3 Å². The average molecular weight is 214 g/mol. The molecule has 1 aliphatic heterocycles. The predicted octanol–water partition coefficient (Wildman–Crippen LogP) is 1.13. The minimum Gasteiger partial charge on any atom is -0.389 e. The van der Waals surface area contributed by atoms with Gasteiger partial charge in [-0.2, -0.15) is 0 Å². The van der Waals surface area contributed by atoms with Gasteiger partial charge in [-0.3, -0.25) is 0 Å². The Balaban J connectivity index is 2.45. The molecule has 0 aromatic heterocycles. The van der Waals surface area contributed by atoms with Crippen molar-refractivity contribution in [2.24, 2.45) is 5.92 Å². The van der Waals surface area contributed by atoms with Crippen LogP contribution in [0, 0.1) is 5.92 Å². The highest BCUT2D eigenvalue weighted by atomic mass is 16.3. The molecule has 3 heteroatoms. The Morgan fingerprint density at radius 2 is 2.27 bits per heavy atom. The van der Waals surface area contributed by atoms with Crippen LogP contribution in [-0.4, -0.2) is 36.9 Å². The molecule has 15 heavy (non-hydrogen) atoms. The highest BCUT2D eigenvalue weighted by Crippen LogP contribution is 2.27. The molecule has 3 atom stereocenters. The minimum atomic E-state index is -0.573. The van der Waals surface area contributed by atoms with Gasteiger partial charge in [-0.15, -0.1) is 0 Å². The second kappa shape index (κ2) is 5.83. The lowest BCUT2D eigenvalue weighted by Gasteiger charge is -2.39. The molecule has 0 radical (unpaired) electrons. The summed E-state index contributed by atoms with van der Waals surface area (Å²) in [5.74, 6) is 0.789. The Bertz CT molecular complexity index is 182. The standard InChI is InChI=1S/C12H26N2O/c1-4-10-5-7-14-11(9-10)12(2,15)6-8-13-3/h10-11,13-15H,4-9H2,1-3H3. The summed E-state index contributed by atoms with van der Waals surface area (Å²) in [7, 11) is 1.93. The SMILES string of the molecule is CCC1CCNC(C(C)(O)CCNC)C1. The summed E-state index contributed by atoms with van der Waals surface area (Å²) >= 11 is 0. The molecule has 0 saturated carbocycles. The van der Waals surface area contributed by atoms with Crippen LogP contribution in [0.25, 0.3) is 0 Å². The van der Waals surface area contributed by atoms with Crippen molar-refractivity contribution in [2.45, 2.75) is 51.2 Å². The highest BCUT2D eigenvalue weighted by Gasteiger charge is 2.34. The zero-order valence-corrected chi connectivity index (χ0v) is 10.3. The second-order valence-corrected chi connectivity index (χ2v) is 5.02. The van der Waals surface area contributed by atoms with E-state index in [2.05, 4.69) is 17.6 Å². The van der Waals surface area contributed by atoms with Crippen LogP contribution in [0.3, 0.4) is 0 Å². The molecule has 3 unspecified atom stereocenters. The molecule has 1 fully saturated rings. The van der Waals surface area contributed by atoms with E-state index in [1.807, 2.05) is 14.0 Å². The third kappa shape index (κ3) is 3.74. The van der Waals surface area contributed by atoms with E-state index in [1.54, 1.807) is 0 Å². The van der Waals surface area contributed by atoms with Crippen LogP contribution in [0.15, 0.2) is 0 Å². The Kier molecular flexibility index (Phi) is 5.03. The molecular weight excluding hydrogens is 188 g/mol. The maximum absolute atomic E-state index is 10.4. The summed E-state index contributed by atoms with van der Waals surface area (Å²) in [4.78, 5) is 0. The van der Waals surface area contributed by atoms with Crippen LogP contribution < -0.4 is 10.6 Å². The summed E-state index contributed by atoms with van der Waals surface area (Å²) < 4.78 is 0. The van der Waals surface area contributed by atoms with Gasteiger partial charge in [-0.25, -0.2) is 0 Å². The van der Waals surface area contributed by atoms with Crippen molar-refractivity contribution in [2.75, 3.05) is 20.1 Å². The summed E-state index contributed by atoms with van der Waals surface area (Å²) in [6, 6.07) is 0.268. The lowest BCUT2D eigenvalue weighted by atomic mass is 9.81. The van der Waals surface area contributed by atoms with Crippen molar-refractivity contribution in [3.8, 4) is 0 Å². The molecule has 0 aromatic carbocycles. The normalized spacial score (nSPS) is 31.2. The lowest BCUT2D eigenvalue weighted by molar-refractivity contribution is -0.00505. The number of aliphatic hydroxyl groups is 1. The maximum atomic E-state index is 10.4. The predicted molar refractivity (Wildman–Crippen MR) is 64.0 cm³/mol. The van der Waals surface area contributed by atoms with Crippen molar-refractivity contribution < 1.29 is 5.11 Å². The van der Waals surface area contributed by atoms with E-state index in [4.69, 9.17) is 0 Å². The van der Waals surface area contributed by atoms with Crippen LogP contribution in [0.1, 0.15) is 39.5 Å². The molecule has 0 aliphatic carbocycles. The third-order valence-electron chi connectivity index (χ3n) is 3.72. The summed E-state index contributed by atoms with van der Waals surface area (Å²) in [6.45, 7) is 6.14. The van der Waals surface area contributed by atoms with Crippen molar-refractivity contribution in [1.82, 2.24) is 10.6 Å². The molecule has 3 N–H and O–H groups in total. The Morgan fingerprint density at radius 3 is 2.87 bits per heavy atom. The van der Waals surface area contributed by atoms with E-state index < -0.39 is 5.60 Å². The van der Waals surface area contributed by atoms with Gasteiger partial charge in [0.05, 0.1) is 5.60 Å². The molecule has 1 aliphatic rings. The molecule has 1 heterocycles. The van der Waals surface area contributed by atoms with Crippen LogP contribution in [-0.2, 0) is 0 Å². The molecule has 3 nitrogen and oxygen atoms in total. The molecule has 0 aromatic rings. The van der Waals surface area contributed by atoms with E-state index in [1.165, 1.54) is 12.8 Å². The summed E-state index contributed by atoms with van der Waals surface area (Å²) in [5.41, 5.74) is -0.573. The fourth-order valence-electron chi connectivity index (χ4n) is 2.39. The fraction of sp³-hybridized carbons (Fsp3) is 1.00. The molecule has 1 rings (SSSR count). The quantitative estimate of drug-likeness (QED) is 0.643. The van der Waals surface area contributed by atoms with Gasteiger partial charge in [0.15, 0.2) is 0 Å². The van der Waals surface area contributed by atoms with Gasteiger partial charge in [0.25, 0.3) is 0 Å². The fourth-order valence-corrected chi connectivity index (χ4v) is 2.39. The highest BCUT2D eigenvalue weighted by molar-refractivity contribution is 4.92. The number of nitrogens with one attached hydrogen (secondary N) is 2. The molecule has 0 amide bonds. The van der Waals surface area contributed by atoms with Crippen LogP contribution in [0.5, 0.6) is 0 Å². The van der Waals surface area contributed by atoms with E-state index in [-0.39, 0.29) is 6.04 Å². The van der Waals surface area contributed by atoms with Crippen molar-refractivity contribution in [3.05, 3.63) is 0 Å². The number of piperidine rings is 1. The average Bonchev–Trinajstić information content (AvgIpc) is 2.26. The van der Waals surface area contributed by atoms with Gasteiger partial charge in [0.2, 0.25) is 0 Å². The van der Waals surface area contributed by atoms with Crippen molar-refractivity contribution in [3.63, 3.8) is 0 Å². The maximum Gasteiger partial charge on any atom is 0.0784 e. The van der Waals surface area contributed by atoms with E-state index in [0.29, 0.717) is 0 Å². The molecule has 0 spiro atoms. The molecular formula is C12H26N2O. The minimum absolute atomic E-state index is 0.268. The van der Waals surface area contributed by atoms with Gasteiger partial charge in [-0.05, 0) is 52.2 Å². The van der Waals surface area contributed by atoms with Crippen LogP contribution in [0.4, 0.5) is 0 Å². The summed E-state index contributed by atoms with van der Waals surface area (Å²) in [6.07, 6.45) is 4.43. The monoisotopic (exact) mass is 214 g/mol. The molecule has 1 saturated heterocycles. The molecule has 0 bridgehead atoms. The zero-order chi connectivity index (χ0) is 11.3. The first-order valence-corrected chi connectivity index (χ1v) is 6.20.